The second-order valence-electron chi connectivity index (χ2n) is 7.99. The molecule has 1 atom stereocenters. The molecule has 0 spiro atoms. The van der Waals surface area contributed by atoms with Crippen molar-refractivity contribution in [1.82, 2.24) is 5.32 Å². The topological polar surface area (TPSA) is 75.3 Å². The second-order valence-corrected chi connectivity index (χ2v) is 9.67. The van der Waals surface area contributed by atoms with Crippen LogP contribution in [-0.2, 0) is 10.0 Å². The van der Waals surface area contributed by atoms with Gasteiger partial charge < -0.3 is 5.32 Å². The lowest BCUT2D eigenvalue weighted by molar-refractivity contribution is 0.0940. The van der Waals surface area contributed by atoms with Crippen LogP contribution in [-0.4, -0.2) is 14.3 Å². The number of sulfonamides is 1. The molecule has 0 aromatic heterocycles. The Bertz CT molecular complexity index is 1220. The molecule has 0 aliphatic rings. The maximum atomic E-state index is 12.7. The molecule has 1 unspecified atom stereocenters. The molecular formula is C25H28N2O3S. The molecule has 0 radical (unpaired) electrons. The van der Waals surface area contributed by atoms with Gasteiger partial charge >= 0.3 is 0 Å². The van der Waals surface area contributed by atoms with Crippen LogP contribution in [0.1, 0.15) is 51.1 Å². The number of hydrogen-bond donors (Lipinski definition) is 2. The predicted molar refractivity (Wildman–Crippen MR) is 125 cm³/mol. The van der Waals surface area contributed by atoms with Gasteiger partial charge in [-0.05, 0) is 87.2 Å². The molecule has 1 amide bonds. The van der Waals surface area contributed by atoms with Gasteiger partial charge in [0.1, 0.15) is 0 Å². The number of carbonyl (C=O) groups excluding carboxylic acids is 1. The average Bonchev–Trinajstić information content (AvgIpc) is 2.71. The maximum absolute atomic E-state index is 12.7. The van der Waals surface area contributed by atoms with Crippen molar-refractivity contribution < 1.29 is 13.2 Å². The van der Waals surface area contributed by atoms with E-state index in [1.807, 2.05) is 32.9 Å². The fourth-order valence-corrected chi connectivity index (χ4v) is 4.37. The zero-order chi connectivity index (χ0) is 22.8. The first kappa shape index (κ1) is 22.6. The van der Waals surface area contributed by atoms with Crippen molar-refractivity contribution >= 4 is 21.6 Å². The van der Waals surface area contributed by atoms with Gasteiger partial charge in [0, 0.05) is 5.56 Å². The van der Waals surface area contributed by atoms with E-state index >= 15 is 0 Å². The van der Waals surface area contributed by atoms with Gasteiger partial charge in [-0.3, -0.25) is 9.52 Å². The van der Waals surface area contributed by atoms with Crippen LogP contribution in [0.3, 0.4) is 0 Å². The van der Waals surface area contributed by atoms with Crippen LogP contribution in [0.2, 0.25) is 0 Å². The Balaban J connectivity index is 1.74. The highest BCUT2D eigenvalue weighted by Gasteiger charge is 2.17. The largest absolute Gasteiger partial charge is 0.346 e. The standard InChI is InChI=1S/C25H28N2O3S/c1-16-6-11-23(12-7-16)31(29,30)27-24-13-10-22(15-19(24)4)25(28)26-20(5)21-9-8-17(2)18(3)14-21/h6-15,20,27H,1-5H3,(H,26,28). The van der Waals surface area contributed by atoms with Crippen LogP contribution < -0.4 is 10.0 Å². The summed E-state index contributed by atoms with van der Waals surface area (Å²) in [6.45, 7) is 9.72. The Hall–Kier alpha value is -3.12. The lowest BCUT2D eigenvalue weighted by atomic mass is 10.0. The molecular weight excluding hydrogens is 408 g/mol. The monoisotopic (exact) mass is 436 g/mol. The Morgan fingerprint density at radius 1 is 0.806 bits per heavy atom. The number of rotatable bonds is 6. The van der Waals surface area contributed by atoms with E-state index in [0.717, 1.165) is 11.1 Å². The summed E-state index contributed by atoms with van der Waals surface area (Å²) in [6.07, 6.45) is 0. The van der Waals surface area contributed by atoms with Crippen molar-refractivity contribution in [3.8, 4) is 0 Å². The number of hydrogen-bond acceptors (Lipinski definition) is 3. The highest BCUT2D eigenvalue weighted by molar-refractivity contribution is 7.92. The minimum Gasteiger partial charge on any atom is -0.346 e. The minimum absolute atomic E-state index is 0.146. The van der Waals surface area contributed by atoms with Gasteiger partial charge in [0.15, 0.2) is 0 Å². The first-order valence-electron chi connectivity index (χ1n) is 10.1. The average molecular weight is 437 g/mol. The molecule has 0 saturated heterocycles. The minimum atomic E-state index is -3.70. The number of amides is 1. The predicted octanol–water partition coefficient (Wildman–Crippen LogP) is 5.21. The van der Waals surface area contributed by atoms with E-state index in [9.17, 15) is 13.2 Å². The summed E-state index contributed by atoms with van der Waals surface area (Å²) in [5.41, 5.74) is 6.00. The van der Waals surface area contributed by atoms with Crippen molar-refractivity contribution in [2.24, 2.45) is 0 Å². The third-order valence-corrected chi connectivity index (χ3v) is 6.82. The highest BCUT2D eigenvalue weighted by atomic mass is 32.2. The number of anilines is 1. The summed E-state index contributed by atoms with van der Waals surface area (Å²) < 4.78 is 27.9. The quantitative estimate of drug-likeness (QED) is 0.557. The van der Waals surface area contributed by atoms with Gasteiger partial charge in [0.25, 0.3) is 15.9 Å². The van der Waals surface area contributed by atoms with E-state index in [0.29, 0.717) is 16.8 Å². The van der Waals surface area contributed by atoms with Gasteiger partial charge in [-0.2, -0.15) is 0 Å². The van der Waals surface area contributed by atoms with E-state index in [2.05, 4.69) is 23.0 Å². The molecule has 3 rings (SSSR count). The molecule has 162 valence electrons. The second kappa shape index (κ2) is 8.94. The summed E-state index contributed by atoms with van der Waals surface area (Å²) in [4.78, 5) is 12.9. The fraction of sp³-hybridized carbons (Fsp3) is 0.240. The van der Waals surface area contributed by atoms with Crippen molar-refractivity contribution in [2.45, 2.75) is 45.6 Å². The first-order valence-corrected chi connectivity index (χ1v) is 11.6. The summed E-state index contributed by atoms with van der Waals surface area (Å²) in [5, 5.41) is 3.01. The molecule has 6 heteroatoms. The molecule has 2 N–H and O–H groups in total. The third kappa shape index (κ3) is 5.33. The molecule has 5 nitrogen and oxygen atoms in total. The van der Waals surface area contributed by atoms with Crippen LogP contribution in [0.15, 0.2) is 65.6 Å². The number of carbonyl (C=O) groups is 1. The molecule has 0 bridgehead atoms. The van der Waals surface area contributed by atoms with Crippen LogP contribution in [0.5, 0.6) is 0 Å². The maximum Gasteiger partial charge on any atom is 0.261 e. The first-order chi connectivity index (χ1) is 14.6. The van der Waals surface area contributed by atoms with E-state index in [1.165, 1.54) is 11.1 Å². The summed E-state index contributed by atoms with van der Waals surface area (Å²) in [6, 6.07) is 17.6. The van der Waals surface area contributed by atoms with Gasteiger partial charge in [-0.1, -0.05) is 35.9 Å². The smallest absolute Gasteiger partial charge is 0.261 e. The lowest BCUT2D eigenvalue weighted by Gasteiger charge is -2.17. The summed E-state index contributed by atoms with van der Waals surface area (Å²) in [5.74, 6) is -0.207. The van der Waals surface area contributed by atoms with Gasteiger partial charge in [0.2, 0.25) is 0 Å². The van der Waals surface area contributed by atoms with Crippen LogP contribution in [0.4, 0.5) is 5.69 Å². The Morgan fingerprint density at radius 2 is 1.48 bits per heavy atom. The summed E-state index contributed by atoms with van der Waals surface area (Å²) in [7, 11) is -3.70. The highest BCUT2D eigenvalue weighted by Crippen LogP contribution is 2.22. The third-order valence-electron chi connectivity index (χ3n) is 5.44. The van der Waals surface area contributed by atoms with Crippen LogP contribution in [0.25, 0.3) is 0 Å². The van der Waals surface area contributed by atoms with Gasteiger partial charge in [-0.15, -0.1) is 0 Å². The van der Waals surface area contributed by atoms with Crippen molar-refractivity contribution in [3.63, 3.8) is 0 Å². The van der Waals surface area contributed by atoms with Crippen molar-refractivity contribution in [2.75, 3.05) is 4.72 Å². The van der Waals surface area contributed by atoms with Crippen LogP contribution >= 0.6 is 0 Å². The van der Waals surface area contributed by atoms with Crippen LogP contribution in [0, 0.1) is 27.7 Å². The molecule has 31 heavy (non-hydrogen) atoms. The molecule has 0 aliphatic carbocycles. The number of nitrogens with one attached hydrogen (secondary N) is 2. The molecule has 0 heterocycles. The number of benzene rings is 3. The van der Waals surface area contributed by atoms with Gasteiger partial charge in [-0.25, -0.2) is 8.42 Å². The normalized spacial score (nSPS) is 12.3. The molecule has 0 aliphatic heterocycles. The van der Waals surface area contributed by atoms with E-state index in [1.54, 1.807) is 49.4 Å². The Morgan fingerprint density at radius 3 is 2.10 bits per heavy atom. The lowest BCUT2D eigenvalue weighted by Crippen LogP contribution is -2.26. The zero-order valence-electron chi connectivity index (χ0n) is 18.5. The SMILES string of the molecule is Cc1ccc(S(=O)(=O)Nc2ccc(C(=O)NC(C)c3ccc(C)c(C)c3)cc2C)cc1. The number of aryl methyl sites for hydroxylation is 4. The molecule has 0 saturated carbocycles. The van der Waals surface area contributed by atoms with Crippen molar-refractivity contribution in [1.29, 1.82) is 0 Å². The Kier molecular flexibility index (Phi) is 6.51. The fourth-order valence-electron chi connectivity index (χ4n) is 3.24. The van der Waals surface area contributed by atoms with E-state index < -0.39 is 10.0 Å². The zero-order valence-corrected chi connectivity index (χ0v) is 19.3. The van der Waals surface area contributed by atoms with E-state index in [4.69, 9.17) is 0 Å². The van der Waals surface area contributed by atoms with Gasteiger partial charge in [0.05, 0.1) is 16.6 Å². The molecule has 3 aromatic rings. The Labute approximate surface area is 184 Å². The summed E-state index contributed by atoms with van der Waals surface area (Å²) >= 11 is 0. The van der Waals surface area contributed by atoms with Crippen molar-refractivity contribution in [3.05, 3.63) is 94.0 Å². The molecule has 0 fully saturated rings. The molecule has 3 aromatic carbocycles. The van der Waals surface area contributed by atoms with E-state index in [-0.39, 0.29) is 16.8 Å².